The fourth-order valence-electron chi connectivity index (χ4n) is 1.74. The zero-order valence-electron chi connectivity index (χ0n) is 10.6. The molecular weight excluding hydrogens is 262 g/mol. The average molecular weight is 275 g/mol. The van der Waals surface area contributed by atoms with Crippen LogP contribution in [0.5, 0.6) is 0 Å². The van der Waals surface area contributed by atoms with Crippen molar-refractivity contribution in [2.75, 3.05) is 6.54 Å². The summed E-state index contributed by atoms with van der Waals surface area (Å²) in [6.45, 7) is 0.210. The maximum absolute atomic E-state index is 11.8. The van der Waals surface area contributed by atoms with Gasteiger partial charge in [0.05, 0.1) is 5.39 Å². The van der Waals surface area contributed by atoms with E-state index >= 15 is 0 Å². The molecule has 6 heteroatoms. The molecule has 1 heterocycles. The van der Waals surface area contributed by atoms with E-state index in [2.05, 4.69) is 5.32 Å². The fraction of sp³-hybridized carbons (Fsp3) is 0.214. The molecule has 1 aromatic carbocycles. The topological polar surface area (TPSA) is 96.6 Å². The van der Waals surface area contributed by atoms with Crippen molar-refractivity contribution in [3.63, 3.8) is 0 Å². The number of carboxylic acids is 1. The number of carbonyl (C=O) groups is 2. The molecule has 0 aliphatic carbocycles. The van der Waals surface area contributed by atoms with Gasteiger partial charge in [0.25, 0.3) is 5.91 Å². The molecule has 0 aliphatic rings. The number of benzene rings is 1. The Morgan fingerprint density at radius 1 is 1.25 bits per heavy atom. The van der Waals surface area contributed by atoms with Gasteiger partial charge < -0.3 is 14.8 Å². The number of para-hydroxylation sites is 1. The number of amides is 1. The van der Waals surface area contributed by atoms with Crippen LogP contribution in [-0.2, 0) is 4.79 Å². The van der Waals surface area contributed by atoms with Crippen LogP contribution in [0.25, 0.3) is 11.0 Å². The number of carboxylic acid groups (broad SMARTS) is 1. The number of aliphatic carboxylic acids is 1. The van der Waals surface area contributed by atoms with Crippen LogP contribution in [-0.4, -0.2) is 23.5 Å². The van der Waals surface area contributed by atoms with Crippen molar-refractivity contribution in [1.29, 1.82) is 0 Å². The fourth-order valence-corrected chi connectivity index (χ4v) is 1.74. The molecule has 0 bridgehead atoms. The Bertz CT molecular complexity index is 704. The Morgan fingerprint density at radius 3 is 2.75 bits per heavy atom. The van der Waals surface area contributed by atoms with E-state index in [1.54, 1.807) is 24.3 Å². The molecule has 6 nitrogen and oxygen atoms in total. The first-order valence-electron chi connectivity index (χ1n) is 6.11. The zero-order valence-corrected chi connectivity index (χ0v) is 10.6. The van der Waals surface area contributed by atoms with Crippen LogP contribution >= 0.6 is 0 Å². The Labute approximate surface area is 114 Å². The van der Waals surface area contributed by atoms with Gasteiger partial charge in [0.1, 0.15) is 5.58 Å². The third-order valence-electron chi connectivity index (χ3n) is 2.71. The van der Waals surface area contributed by atoms with Gasteiger partial charge in [0.2, 0.25) is 0 Å². The van der Waals surface area contributed by atoms with E-state index in [4.69, 9.17) is 9.52 Å². The molecule has 0 atom stereocenters. The normalized spacial score (nSPS) is 10.4. The molecule has 20 heavy (non-hydrogen) atoms. The summed E-state index contributed by atoms with van der Waals surface area (Å²) in [5.41, 5.74) is 0.0539. The number of rotatable bonds is 5. The van der Waals surface area contributed by atoms with Crippen LogP contribution in [0.1, 0.15) is 23.4 Å². The molecule has 0 fully saturated rings. The van der Waals surface area contributed by atoms with Crippen molar-refractivity contribution in [3.05, 3.63) is 46.3 Å². The summed E-state index contributed by atoms with van der Waals surface area (Å²) >= 11 is 0. The van der Waals surface area contributed by atoms with E-state index in [-0.39, 0.29) is 24.2 Å². The molecule has 0 saturated heterocycles. The first kappa shape index (κ1) is 13.8. The van der Waals surface area contributed by atoms with Crippen molar-refractivity contribution < 1.29 is 19.1 Å². The van der Waals surface area contributed by atoms with Crippen molar-refractivity contribution in [2.24, 2.45) is 0 Å². The lowest BCUT2D eigenvalue weighted by Gasteiger charge is -2.04. The van der Waals surface area contributed by atoms with E-state index in [1.165, 1.54) is 0 Å². The van der Waals surface area contributed by atoms with Gasteiger partial charge in [-0.1, -0.05) is 12.1 Å². The Morgan fingerprint density at radius 2 is 2.00 bits per heavy atom. The molecule has 1 amide bonds. The maximum atomic E-state index is 11.8. The summed E-state index contributed by atoms with van der Waals surface area (Å²) in [6, 6.07) is 7.78. The largest absolute Gasteiger partial charge is 0.481 e. The van der Waals surface area contributed by atoms with Crippen LogP contribution in [0.3, 0.4) is 0 Å². The SMILES string of the molecule is O=C(O)CCCNC(=O)c1cc(=O)c2ccccc2o1. The number of hydrogen-bond acceptors (Lipinski definition) is 4. The molecule has 0 aliphatic heterocycles. The van der Waals surface area contributed by atoms with Crippen molar-refractivity contribution in [2.45, 2.75) is 12.8 Å². The van der Waals surface area contributed by atoms with Crippen LogP contribution < -0.4 is 10.7 Å². The van der Waals surface area contributed by atoms with Crippen molar-refractivity contribution in [3.8, 4) is 0 Å². The number of carbonyl (C=O) groups excluding carboxylic acids is 1. The lowest BCUT2D eigenvalue weighted by atomic mass is 10.2. The Balaban J connectivity index is 2.10. The highest BCUT2D eigenvalue weighted by Crippen LogP contribution is 2.11. The zero-order chi connectivity index (χ0) is 14.5. The van der Waals surface area contributed by atoms with Gasteiger partial charge in [0.15, 0.2) is 11.2 Å². The quantitative estimate of drug-likeness (QED) is 0.804. The first-order valence-corrected chi connectivity index (χ1v) is 6.11. The molecule has 0 unspecified atom stereocenters. The summed E-state index contributed by atoms with van der Waals surface area (Å²) in [5, 5.41) is 11.4. The molecule has 1 aromatic heterocycles. The number of fused-ring (bicyclic) bond motifs is 1. The predicted octanol–water partition coefficient (Wildman–Crippen LogP) is 1.39. The minimum absolute atomic E-state index is 0.0258. The van der Waals surface area contributed by atoms with Gasteiger partial charge in [-0.25, -0.2) is 0 Å². The third kappa shape index (κ3) is 3.23. The van der Waals surface area contributed by atoms with Crippen LogP contribution in [0.15, 0.2) is 39.5 Å². The molecule has 2 aromatic rings. The van der Waals surface area contributed by atoms with Crippen molar-refractivity contribution in [1.82, 2.24) is 5.32 Å². The predicted molar refractivity (Wildman–Crippen MR) is 71.7 cm³/mol. The summed E-state index contributed by atoms with van der Waals surface area (Å²) in [7, 11) is 0. The lowest BCUT2D eigenvalue weighted by Crippen LogP contribution is -2.25. The molecule has 2 N–H and O–H groups in total. The van der Waals surface area contributed by atoms with Gasteiger partial charge in [0, 0.05) is 19.0 Å². The highest BCUT2D eigenvalue weighted by molar-refractivity contribution is 5.93. The number of hydrogen-bond donors (Lipinski definition) is 2. The second-order valence-corrected chi connectivity index (χ2v) is 4.22. The summed E-state index contributed by atoms with van der Waals surface area (Å²) in [4.78, 5) is 33.9. The molecule has 2 rings (SSSR count). The van der Waals surface area contributed by atoms with E-state index < -0.39 is 11.9 Å². The standard InChI is InChI=1S/C14H13NO5/c16-10-8-12(14(19)15-7-3-6-13(17)18)20-11-5-2-1-4-9(10)11/h1-2,4-5,8H,3,6-7H2,(H,15,19)(H,17,18). The van der Waals surface area contributed by atoms with Gasteiger partial charge in [-0.2, -0.15) is 0 Å². The lowest BCUT2D eigenvalue weighted by molar-refractivity contribution is -0.137. The molecule has 0 saturated carbocycles. The maximum Gasteiger partial charge on any atom is 0.303 e. The highest BCUT2D eigenvalue weighted by atomic mass is 16.4. The molecule has 104 valence electrons. The smallest absolute Gasteiger partial charge is 0.303 e. The van der Waals surface area contributed by atoms with Gasteiger partial charge in [-0.3, -0.25) is 14.4 Å². The number of nitrogens with one attached hydrogen (secondary N) is 1. The second-order valence-electron chi connectivity index (χ2n) is 4.22. The van der Waals surface area contributed by atoms with E-state index in [1.807, 2.05) is 0 Å². The minimum atomic E-state index is -0.920. The van der Waals surface area contributed by atoms with Gasteiger partial charge in [-0.05, 0) is 18.6 Å². The molecular formula is C14H13NO5. The highest BCUT2D eigenvalue weighted by Gasteiger charge is 2.11. The van der Waals surface area contributed by atoms with E-state index in [0.29, 0.717) is 17.4 Å². The summed E-state index contributed by atoms with van der Waals surface area (Å²) in [5.74, 6) is -1.53. The van der Waals surface area contributed by atoms with E-state index in [0.717, 1.165) is 6.07 Å². The average Bonchev–Trinajstić information content (AvgIpc) is 2.43. The minimum Gasteiger partial charge on any atom is -0.481 e. The van der Waals surface area contributed by atoms with Crippen LogP contribution in [0.4, 0.5) is 0 Å². The van der Waals surface area contributed by atoms with Crippen LogP contribution in [0, 0.1) is 0 Å². The summed E-state index contributed by atoms with van der Waals surface area (Å²) in [6.07, 6.45) is 0.292. The summed E-state index contributed by atoms with van der Waals surface area (Å²) < 4.78 is 5.35. The van der Waals surface area contributed by atoms with Crippen LogP contribution in [0.2, 0.25) is 0 Å². The van der Waals surface area contributed by atoms with Gasteiger partial charge >= 0.3 is 5.97 Å². The molecule has 0 radical (unpaired) electrons. The molecule has 0 spiro atoms. The monoisotopic (exact) mass is 275 g/mol. The Hall–Kier alpha value is -2.63. The van der Waals surface area contributed by atoms with Crippen molar-refractivity contribution >= 4 is 22.8 Å². The Kier molecular flexibility index (Phi) is 4.14. The van der Waals surface area contributed by atoms with Gasteiger partial charge in [-0.15, -0.1) is 0 Å². The second kappa shape index (κ2) is 6.01. The first-order chi connectivity index (χ1) is 9.58. The van der Waals surface area contributed by atoms with E-state index in [9.17, 15) is 14.4 Å². The third-order valence-corrected chi connectivity index (χ3v) is 2.71.